The van der Waals surface area contributed by atoms with E-state index < -0.39 is 23.4 Å². The van der Waals surface area contributed by atoms with Crippen LogP contribution in [-0.4, -0.2) is 16.1 Å². The maximum atomic E-state index is 13.4. The van der Waals surface area contributed by atoms with Gasteiger partial charge in [-0.25, -0.2) is 13.2 Å². The van der Waals surface area contributed by atoms with E-state index in [9.17, 15) is 18.0 Å². The third kappa shape index (κ3) is 5.70. The number of carbonyl (C=O) groups excluding carboxylic acids is 1. The number of carbonyl (C=O) groups is 1. The zero-order valence-corrected chi connectivity index (χ0v) is 18.6. The molecule has 1 aromatic heterocycles. The van der Waals surface area contributed by atoms with E-state index in [4.69, 9.17) is 0 Å². The second-order valence-corrected chi connectivity index (χ2v) is 8.25. The summed E-state index contributed by atoms with van der Waals surface area (Å²) >= 11 is 1.19. The molecule has 1 amide bonds. The van der Waals surface area contributed by atoms with Crippen molar-refractivity contribution in [2.24, 2.45) is 0 Å². The molecule has 0 radical (unpaired) electrons. The number of hydrogen-bond donors (Lipinski definition) is 2. The summed E-state index contributed by atoms with van der Waals surface area (Å²) in [6.45, 7) is 5.90. The molecule has 0 saturated heterocycles. The SMILES string of the molecule is CCC.Cc1cc(F)ccc1C(=O)Nc1n[nH]c2ccc(Sc3cc(F)cc(F)c3)cc12. The minimum absolute atomic E-state index is 0.307. The third-order valence-electron chi connectivity index (χ3n) is 4.27. The number of aryl methyl sites for hydroxylation is 1. The van der Waals surface area contributed by atoms with Crippen LogP contribution in [0.15, 0.2) is 64.4 Å². The van der Waals surface area contributed by atoms with Crippen LogP contribution >= 0.6 is 11.8 Å². The van der Waals surface area contributed by atoms with Gasteiger partial charge in [0, 0.05) is 26.8 Å². The van der Waals surface area contributed by atoms with E-state index in [2.05, 4.69) is 29.4 Å². The van der Waals surface area contributed by atoms with Crippen LogP contribution < -0.4 is 5.32 Å². The second-order valence-electron chi connectivity index (χ2n) is 7.11. The predicted molar refractivity (Wildman–Crippen MR) is 122 cm³/mol. The number of hydrogen-bond acceptors (Lipinski definition) is 3. The second kappa shape index (κ2) is 10.4. The Labute approximate surface area is 188 Å². The average molecular weight is 458 g/mol. The Morgan fingerprint density at radius 3 is 2.28 bits per heavy atom. The number of benzene rings is 3. The zero-order valence-electron chi connectivity index (χ0n) is 17.8. The highest BCUT2D eigenvalue weighted by molar-refractivity contribution is 7.99. The van der Waals surface area contributed by atoms with Crippen LogP contribution in [0.3, 0.4) is 0 Å². The lowest BCUT2D eigenvalue weighted by Gasteiger charge is -2.07. The topological polar surface area (TPSA) is 57.8 Å². The Balaban J connectivity index is 0.000000913. The van der Waals surface area contributed by atoms with Gasteiger partial charge in [0.2, 0.25) is 0 Å². The summed E-state index contributed by atoms with van der Waals surface area (Å²) in [5.74, 6) is -1.83. The molecule has 0 spiro atoms. The number of amides is 1. The van der Waals surface area contributed by atoms with E-state index in [1.807, 2.05) is 0 Å². The Morgan fingerprint density at radius 1 is 0.938 bits per heavy atom. The lowest BCUT2D eigenvalue weighted by atomic mass is 10.1. The smallest absolute Gasteiger partial charge is 0.257 e. The highest BCUT2D eigenvalue weighted by Crippen LogP contribution is 2.32. The first-order valence-electron chi connectivity index (χ1n) is 10.00. The van der Waals surface area contributed by atoms with E-state index in [0.29, 0.717) is 32.7 Å². The number of rotatable bonds is 4. The van der Waals surface area contributed by atoms with Crippen LogP contribution in [0.1, 0.15) is 36.2 Å². The highest BCUT2D eigenvalue weighted by atomic mass is 32.2. The highest BCUT2D eigenvalue weighted by Gasteiger charge is 2.14. The molecule has 0 atom stereocenters. The van der Waals surface area contributed by atoms with Crippen LogP contribution in [0, 0.1) is 24.4 Å². The number of H-pyrrole nitrogens is 1. The molecular weight excluding hydrogens is 435 g/mol. The zero-order chi connectivity index (χ0) is 23.3. The Hall–Kier alpha value is -3.26. The van der Waals surface area contributed by atoms with Gasteiger partial charge in [0.05, 0.1) is 5.52 Å². The fourth-order valence-corrected chi connectivity index (χ4v) is 3.86. The molecule has 0 fully saturated rings. The third-order valence-corrected chi connectivity index (χ3v) is 5.23. The standard InChI is InChI=1S/C21H14F3N3OS.C3H8/c1-11-6-12(22)2-4-17(11)21(28)25-20-18-10-15(3-5-19(18)26-27-20)29-16-8-13(23)7-14(24)9-16;1-3-2/h2-10H,1H3,(H2,25,26,27,28);3H2,1-2H3. The minimum atomic E-state index is -0.653. The summed E-state index contributed by atoms with van der Waals surface area (Å²) in [7, 11) is 0. The summed E-state index contributed by atoms with van der Waals surface area (Å²) in [4.78, 5) is 13.7. The molecule has 1 heterocycles. The first kappa shape index (κ1) is 23.4. The van der Waals surface area contributed by atoms with Crippen molar-refractivity contribution in [3.8, 4) is 0 Å². The minimum Gasteiger partial charge on any atom is -0.305 e. The molecule has 166 valence electrons. The van der Waals surface area contributed by atoms with E-state index in [1.165, 1.54) is 48.5 Å². The number of anilines is 1. The molecule has 0 aliphatic heterocycles. The van der Waals surface area contributed by atoms with Crippen LogP contribution in [0.5, 0.6) is 0 Å². The maximum Gasteiger partial charge on any atom is 0.257 e. The molecule has 0 bridgehead atoms. The molecule has 0 saturated carbocycles. The van der Waals surface area contributed by atoms with Crippen molar-refractivity contribution >= 4 is 34.4 Å². The van der Waals surface area contributed by atoms with Crippen molar-refractivity contribution in [2.45, 2.75) is 37.0 Å². The molecule has 4 nitrogen and oxygen atoms in total. The quantitative estimate of drug-likeness (QED) is 0.343. The van der Waals surface area contributed by atoms with Gasteiger partial charge in [-0.3, -0.25) is 9.89 Å². The largest absolute Gasteiger partial charge is 0.305 e. The lowest BCUT2D eigenvalue weighted by molar-refractivity contribution is 0.102. The predicted octanol–water partition coefficient (Wildman–Crippen LogP) is 7.11. The molecular formula is C24H22F3N3OS. The van der Waals surface area contributed by atoms with Crippen molar-refractivity contribution in [2.75, 3.05) is 5.32 Å². The van der Waals surface area contributed by atoms with Crippen LogP contribution in [0.4, 0.5) is 19.0 Å². The molecule has 3 aromatic carbocycles. The van der Waals surface area contributed by atoms with Gasteiger partial charge >= 0.3 is 0 Å². The van der Waals surface area contributed by atoms with Crippen molar-refractivity contribution in [3.05, 3.63) is 83.2 Å². The summed E-state index contributed by atoms with van der Waals surface area (Å²) < 4.78 is 40.1. The summed E-state index contributed by atoms with van der Waals surface area (Å²) in [6.07, 6.45) is 1.25. The van der Waals surface area contributed by atoms with E-state index in [1.54, 1.807) is 25.1 Å². The van der Waals surface area contributed by atoms with E-state index in [0.717, 1.165) is 11.0 Å². The van der Waals surface area contributed by atoms with E-state index >= 15 is 0 Å². The van der Waals surface area contributed by atoms with E-state index in [-0.39, 0.29) is 0 Å². The van der Waals surface area contributed by atoms with Gasteiger partial charge in [-0.1, -0.05) is 32.0 Å². The molecule has 4 rings (SSSR count). The van der Waals surface area contributed by atoms with Crippen molar-refractivity contribution in [1.29, 1.82) is 0 Å². The maximum absolute atomic E-state index is 13.4. The first-order valence-corrected chi connectivity index (χ1v) is 10.8. The van der Waals surface area contributed by atoms with Gasteiger partial charge in [0.15, 0.2) is 5.82 Å². The number of nitrogens with one attached hydrogen (secondary N) is 2. The number of nitrogens with zero attached hydrogens (tertiary/aromatic N) is 1. The van der Waals surface area contributed by atoms with Crippen LogP contribution in [-0.2, 0) is 0 Å². The molecule has 0 aliphatic rings. The van der Waals surface area contributed by atoms with Crippen molar-refractivity contribution in [3.63, 3.8) is 0 Å². The fraction of sp³-hybridized carbons (Fsp3) is 0.167. The fourth-order valence-electron chi connectivity index (χ4n) is 2.93. The summed E-state index contributed by atoms with van der Waals surface area (Å²) in [5.41, 5.74) is 1.53. The Morgan fingerprint density at radius 2 is 1.62 bits per heavy atom. The van der Waals surface area contributed by atoms with Gasteiger partial charge in [-0.05, 0) is 61.0 Å². The Kier molecular flexibility index (Phi) is 7.58. The van der Waals surface area contributed by atoms with Crippen LogP contribution in [0.25, 0.3) is 10.9 Å². The number of aromatic nitrogens is 2. The van der Waals surface area contributed by atoms with Crippen molar-refractivity contribution in [1.82, 2.24) is 10.2 Å². The summed E-state index contributed by atoms with van der Waals surface area (Å²) in [5, 5.41) is 10.3. The first-order chi connectivity index (χ1) is 15.3. The number of fused-ring (bicyclic) bond motifs is 1. The van der Waals surface area contributed by atoms with Gasteiger partial charge in [0.1, 0.15) is 17.5 Å². The van der Waals surface area contributed by atoms with Gasteiger partial charge in [-0.2, -0.15) is 5.10 Å². The molecule has 32 heavy (non-hydrogen) atoms. The number of halogens is 3. The Bertz CT molecular complexity index is 1240. The van der Waals surface area contributed by atoms with Crippen molar-refractivity contribution < 1.29 is 18.0 Å². The lowest BCUT2D eigenvalue weighted by Crippen LogP contribution is -2.14. The molecule has 0 aliphatic carbocycles. The molecule has 2 N–H and O–H groups in total. The average Bonchev–Trinajstić information content (AvgIpc) is 3.10. The molecule has 0 unspecified atom stereocenters. The number of aromatic amines is 1. The van der Waals surface area contributed by atoms with Gasteiger partial charge in [0.25, 0.3) is 5.91 Å². The monoisotopic (exact) mass is 457 g/mol. The van der Waals surface area contributed by atoms with Crippen LogP contribution in [0.2, 0.25) is 0 Å². The van der Waals surface area contributed by atoms with Gasteiger partial charge in [-0.15, -0.1) is 0 Å². The normalized spacial score (nSPS) is 10.6. The summed E-state index contributed by atoms with van der Waals surface area (Å²) in [6, 6.07) is 12.5. The molecule has 4 aromatic rings. The molecule has 8 heteroatoms. The van der Waals surface area contributed by atoms with Gasteiger partial charge < -0.3 is 5.32 Å².